The predicted molar refractivity (Wildman–Crippen MR) is 54.1 cm³/mol. The number of aromatic nitrogens is 1. The summed E-state index contributed by atoms with van der Waals surface area (Å²) in [7, 11) is -3.42. The fourth-order valence-corrected chi connectivity index (χ4v) is 1.51. The van der Waals surface area contributed by atoms with Crippen molar-refractivity contribution in [2.75, 3.05) is 11.0 Å². The van der Waals surface area contributed by atoms with Gasteiger partial charge in [-0.3, -0.25) is 14.8 Å². The van der Waals surface area contributed by atoms with Crippen LogP contribution in [0.4, 0.5) is 11.5 Å². The van der Waals surface area contributed by atoms with Gasteiger partial charge in [-0.2, -0.15) is 0 Å². The van der Waals surface area contributed by atoms with Crippen LogP contribution >= 0.6 is 0 Å². The van der Waals surface area contributed by atoms with Crippen LogP contribution in [-0.4, -0.2) is 24.6 Å². The molecule has 82 valence electrons. The monoisotopic (exact) mass is 231 g/mol. The number of pyridine rings is 1. The topological polar surface area (TPSA) is 102 Å². The molecule has 0 unspecified atom stereocenters. The highest BCUT2D eigenvalue weighted by molar-refractivity contribution is 7.92. The Morgan fingerprint density at radius 2 is 2.13 bits per heavy atom. The van der Waals surface area contributed by atoms with Crippen LogP contribution in [0.5, 0.6) is 0 Å². The Balaban J connectivity index is 3.09. The number of nitrogens with one attached hydrogen (secondary N) is 1. The van der Waals surface area contributed by atoms with Gasteiger partial charge in [-0.25, -0.2) is 13.4 Å². The van der Waals surface area contributed by atoms with Gasteiger partial charge in [0.2, 0.25) is 10.0 Å². The second kappa shape index (κ2) is 3.81. The van der Waals surface area contributed by atoms with Gasteiger partial charge in [0.1, 0.15) is 12.0 Å². The summed E-state index contributed by atoms with van der Waals surface area (Å²) in [4.78, 5) is 13.4. The zero-order chi connectivity index (χ0) is 11.6. The van der Waals surface area contributed by atoms with Gasteiger partial charge in [0.05, 0.1) is 11.2 Å². The van der Waals surface area contributed by atoms with Gasteiger partial charge < -0.3 is 0 Å². The molecular formula is C7H9N3O4S. The van der Waals surface area contributed by atoms with Crippen LogP contribution in [-0.2, 0) is 10.0 Å². The minimum absolute atomic E-state index is 0.100. The molecule has 8 heteroatoms. The molecule has 0 saturated heterocycles. The van der Waals surface area contributed by atoms with E-state index in [1.165, 1.54) is 13.0 Å². The first-order valence-corrected chi connectivity index (χ1v) is 5.77. The van der Waals surface area contributed by atoms with E-state index >= 15 is 0 Å². The zero-order valence-electron chi connectivity index (χ0n) is 8.09. The van der Waals surface area contributed by atoms with E-state index < -0.39 is 14.9 Å². The fraction of sp³-hybridized carbons (Fsp3) is 0.286. The van der Waals surface area contributed by atoms with Crippen LogP contribution < -0.4 is 4.72 Å². The first-order chi connectivity index (χ1) is 6.79. The fourth-order valence-electron chi connectivity index (χ4n) is 0.942. The molecule has 1 aromatic heterocycles. The summed E-state index contributed by atoms with van der Waals surface area (Å²) in [5.74, 6) is 0.100. The summed E-state index contributed by atoms with van der Waals surface area (Å²) in [6.45, 7) is 1.54. The van der Waals surface area contributed by atoms with Crippen molar-refractivity contribution in [1.82, 2.24) is 4.98 Å². The van der Waals surface area contributed by atoms with Crippen molar-refractivity contribution in [3.63, 3.8) is 0 Å². The van der Waals surface area contributed by atoms with Crippen LogP contribution in [0.3, 0.4) is 0 Å². The molecule has 0 radical (unpaired) electrons. The van der Waals surface area contributed by atoms with Crippen molar-refractivity contribution in [2.45, 2.75) is 6.92 Å². The Bertz CT molecular complexity index is 497. The zero-order valence-corrected chi connectivity index (χ0v) is 8.91. The highest BCUT2D eigenvalue weighted by Crippen LogP contribution is 2.18. The summed E-state index contributed by atoms with van der Waals surface area (Å²) in [6.07, 6.45) is 1.98. The predicted octanol–water partition coefficient (Wildman–Crippen LogP) is 0.670. The Kier molecular flexibility index (Phi) is 2.89. The van der Waals surface area contributed by atoms with Gasteiger partial charge in [-0.1, -0.05) is 0 Å². The minimum atomic E-state index is -3.42. The molecule has 7 nitrogen and oxygen atoms in total. The highest BCUT2D eigenvalue weighted by Gasteiger charge is 2.11. The Morgan fingerprint density at radius 1 is 1.53 bits per heavy atom. The van der Waals surface area contributed by atoms with Crippen molar-refractivity contribution in [3.05, 3.63) is 27.9 Å². The van der Waals surface area contributed by atoms with Crippen LogP contribution in [0.2, 0.25) is 0 Å². The number of nitrogens with zero attached hydrogens (tertiary/aromatic N) is 2. The maximum Gasteiger partial charge on any atom is 0.287 e. The van der Waals surface area contributed by atoms with Crippen molar-refractivity contribution in [3.8, 4) is 0 Å². The van der Waals surface area contributed by atoms with E-state index in [-0.39, 0.29) is 11.5 Å². The summed E-state index contributed by atoms with van der Waals surface area (Å²) < 4.78 is 23.9. The molecule has 1 aromatic rings. The van der Waals surface area contributed by atoms with Gasteiger partial charge in [-0.15, -0.1) is 0 Å². The van der Waals surface area contributed by atoms with Crippen molar-refractivity contribution >= 4 is 21.5 Å². The summed E-state index contributed by atoms with van der Waals surface area (Å²) in [5, 5.41) is 10.4. The van der Waals surface area contributed by atoms with E-state index in [9.17, 15) is 18.5 Å². The quantitative estimate of drug-likeness (QED) is 0.608. The van der Waals surface area contributed by atoms with Gasteiger partial charge in [0.15, 0.2) is 0 Å². The molecule has 0 fully saturated rings. The second-order valence-electron chi connectivity index (χ2n) is 2.99. The molecule has 1 heterocycles. The number of nitro groups is 1. The number of sulfonamides is 1. The minimum Gasteiger partial charge on any atom is -0.267 e. The molecule has 1 rings (SSSR count). The Morgan fingerprint density at radius 3 is 2.53 bits per heavy atom. The number of hydrogen-bond acceptors (Lipinski definition) is 5. The van der Waals surface area contributed by atoms with Gasteiger partial charge in [0.25, 0.3) is 5.69 Å². The third-order valence-electron chi connectivity index (χ3n) is 1.56. The van der Waals surface area contributed by atoms with E-state index in [1.807, 2.05) is 0 Å². The average molecular weight is 231 g/mol. The van der Waals surface area contributed by atoms with Gasteiger partial charge >= 0.3 is 0 Å². The molecule has 0 atom stereocenters. The van der Waals surface area contributed by atoms with Crippen molar-refractivity contribution in [2.24, 2.45) is 0 Å². The van der Waals surface area contributed by atoms with Crippen molar-refractivity contribution in [1.29, 1.82) is 0 Å². The van der Waals surface area contributed by atoms with Crippen LogP contribution in [0.1, 0.15) is 5.56 Å². The smallest absolute Gasteiger partial charge is 0.267 e. The largest absolute Gasteiger partial charge is 0.287 e. The normalized spacial score (nSPS) is 11.1. The van der Waals surface area contributed by atoms with E-state index in [0.717, 1.165) is 12.5 Å². The lowest BCUT2D eigenvalue weighted by atomic mass is 10.3. The highest BCUT2D eigenvalue weighted by atomic mass is 32.2. The Hall–Kier alpha value is -1.70. The maximum atomic E-state index is 10.9. The molecule has 0 aliphatic rings. The number of aryl methyl sites for hydroxylation is 1. The molecule has 0 amide bonds. The molecule has 0 spiro atoms. The van der Waals surface area contributed by atoms with Gasteiger partial charge in [-0.05, 0) is 12.5 Å². The summed E-state index contributed by atoms with van der Waals surface area (Å²) in [6, 6.07) is 1.25. The molecular weight excluding hydrogens is 222 g/mol. The lowest BCUT2D eigenvalue weighted by Crippen LogP contribution is -2.12. The third kappa shape index (κ3) is 3.17. The molecule has 1 N–H and O–H groups in total. The standard InChI is InChI=1S/C7H9N3O4S/c1-5-3-6(10(11)12)4-8-7(5)9-15(2,13)14/h3-4H,1-2H3,(H,8,9). The average Bonchev–Trinajstić information content (AvgIpc) is 2.05. The lowest BCUT2D eigenvalue weighted by Gasteiger charge is -2.05. The van der Waals surface area contributed by atoms with Gasteiger partial charge in [0, 0.05) is 6.07 Å². The first-order valence-electron chi connectivity index (χ1n) is 3.88. The number of rotatable bonds is 3. The van der Waals surface area contributed by atoms with E-state index in [2.05, 4.69) is 9.71 Å². The van der Waals surface area contributed by atoms with E-state index in [0.29, 0.717) is 5.56 Å². The second-order valence-corrected chi connectivity index (χ2v) is 4.74. The van der Waals surface area contributed by atoms with E-state index in [4.69, 9.17) is 0 Å². The lowest BCUT2D eigenvalue weighted by molar-refractivity contribution is -0.385. The van der Waals surface area contributed by atoms with Crippen LogP contribution in [0.15, 0.2) is 12.3 Å². The molecule has 0 aromatic carbocycles. The van der Waals surface area contributed by atoms with Crippen LogP contribution in [0, 0.1) is 17.0 Å². The van der Waals surface area contributed by atoms with Crippen molar-refractivity contribution < 1.29 is 13.3 Å². The molecule has 15 heavy (non-hydrogen) atoms. The maximum absolute atomic E-state index is 10.9. The number of anilines is 1. The summed E-state index contributed by atoms with van der Waals surface area (Å²) in [5.41, 5.74) is 0.223. The Labute approximate surface area is 86.3 Å². The molecule has 0 bridgehead atoms. The summed E-state index contributed by atoms with van der Waals surface area (Å²) >= 11 is 0. The molecule has 0 saturated carbocycles. The molecule has 0 aliphatic heterocycles. The first kappa shape index (κ1) is 11.4. The van der Waals surface area contributed by atoms with Crippen LogP contribution in [0.25, 0.3) is 0 Å². The van der Waals surface area contributed by atoms with E-state index in [1.54, 1.807) is 0 Å². The molecule has 0 aliphatic carbocycles. The SMILES string of the molecule is Cc1cc([N+](=O)[O-])cnc1NS(C)(=O)=O. The third-order valence-corrected chi connectivity index (χ3v) is 2.12. The number of hydrogen-bond donors (Lipinski definition) is 1.